The Balaban J connectivity index is 2.55. The van der Waals surface area contributed by atoms with Crippen molar-refractivity contribution < 1.29 is 4.79 Å². The Labute approximate surface area is 116 Å². The summed E-state index contributed by atoms with van der Waals surface area (Å²) < 4.78 is 0. The molecule has 0 saturated heterocycles. The molecule has 0 fully saturated rings. The van der Waals surface area contributed by atoms with E-state index in [4.69, 9.17) is 0 Å². The number of hydrogen-bond acceptors (Lipinski definition) is 3. The first-order valence-corrected chi connectivity index (χ1v) is 7.17. The smallest absolute Gasteiger partial charge is 0.164 e. The molecule has 1 aromatic heterocycles. The van der Waals surface area contributed by atoms with Crippen LogP contribution in [0, 0.1) is 6.92 Å². The van der Waals surface area contributed by atoms with E-state index in [1.165, 1.54) is 19.3 Å². The van der Waals surface area contributed by atoms with E-state index in [0.29, 0.717) is 12.0 Å². The second-order valence-corrected chi connectivity index (χ2v) is 4.80. The molecule has 0 bridgehead atoms. The van der Waals surface area contributed by atoms with Gasteiger partial charge in [0, 0.05) is 24.4 Å². The molecule has 0 amide bonds. The van der Waals surface area contributed by atoms with Gasteiger partial charge in [-0.25, -0.2) is 0 Å². The third-order valence-electron chi connectivity index (χ3n) is 3.16. The summed E-state index contributed by atoms with van der Waals surface area (Å²) in [6.45, 7) is 5.96. The van der Waals surface area contributed by atoms with Gasteiger partial charge >= 0.3 is 0 Å². The molecule has 0 saturated carbocycles. The first-order valence-electron chi connectivity index (χ1n) is 7.17. The van der Waals surface area contributed by atoms with Crippen molar-refractivity contribution >= 4 is 17.7 Å². The van der Waals surface area contributed by atoms with Crippen LogP contribution in [0.5, 0.6) is 0 Å². The lowest BCUT2D eigenvalue weighted by Crippen LogP contribution is -2.00. The summed E-state index contributed by atoms with van der Waals surface area (Å²) in [5, 5.41) is 0. The fraction of sp³-hybridized carbons (Fsp3) is 0.562. The van der Waals surface area contributed by atoms with Gasteiger partial charge in [-0.2, -0.15) is 0 Å². The highest BCUT2D eigenvalue weighted by Gasteiger charge is 2.08. The number of aliphatic imine (C=N–C) groups is 1. The molecule has 1 aromatic rings. The Hall–Kier alpha value is -1.51. The maximum absolute atomic E-state index is 12.1. The molecule has 0 aliphatic carbocycles. The predicted molar refractivity (Wildman–Crippen MR) is 80.5 cm³/mol. The number of nitrogens with zero attached hydrogens (tertiary/aromatic N) is 2. The minimum absolute atomic E-state index is 0.177. The van der Waals surface area contributed by atoms with E-state index in [0.717, 1.165) is 24.2 Å². The second kappa shape index (κ2) is 8.57. The lowest BCUT2D eigenvalue weighted by atomic mass is 10.0. The van der Waals surface area contributed by atoms with Crippen molar-refractivity contribution in [1.82, 2.24) is 4.98 Å². The fourth-order valence-corrected chi connectivity index (χ4v) is 1.98. The quantitative estimate of drug-likeness (QED) is 0.387. The Morgan fingerprint density at radius 3 is 2.74 bits per heavy atom. The second-order valence-electron chi connectivity index (χ2n) is 4.80. The fourth-order valence-electron chi connectivity index (χ4n) is 1.98. The van der Waals surface area contributed by atoms with Crippen LogP contribution in [-0.2, 0) is 0 Å². The summed E-state index contributed by atoms with van der Waals surface area (Å²) in [5.74, 6) is 0.177. The van der Waals surface area contributed by atoms with Crippen molar-refractivity contribution in [3.05, 3.63) is 23.5 Å². The number of rotatable bonds is 8. The summed E-state index contributed by atoms with van der Waals surface area (Å²) in [4.78, 5) is 20.5. The van der Waals surface area contributed by atoms with Gasteiger partial charge in [0.05, 0.1) is 11.4 Å². The molecule has 104 valence electrons. The lowest BCUT2D eigenvalue weighted by Gasteiger charge is -2.04. The first-order chi connectivity index (χ1) is 9.19. The van der Waals surface area contributed by atoms with Crippen LogP contribution in [0.4, 0.5) is 5.69 Å². The number of pyridine rings is 1. The highest BCUT2D eigenvalue weighted by molar-refractivity contribution is 5.96. The summed E-state index contributed by atoms with van der Waals surface area (Å²) in [6.07, 6.45) is 9.83. The highest BCUT2D eigenvalue weighted by atomic mass is 16.1. The average Bonchev–Trinajstić information content (AvgIpc) is 2.41. The van der Waals surface area contributed by atoms with E-state index in [1.807, 2.05) is 19.9 Å². The number of ketones is 1. The van der Waals surface area contributed by atoms with E-state index < -0.39 is 0 Å². The summed E-state index contributed by atoms with van der Waals surface area (Å²) >= 11 is 0. The van der Waals surface area contributed by atoms with Crippen molar-refractivity contribution in [2.45, 2.75) is 59.3 Å². The van der Waals surface area contributed by atoms with Gasteiger partial charge in [0.15, 0.2) is 5.78 Å². The molecule has 0 unspecified atom stereocenters. The number of unbranched alkanes of at least 4 members (excludes halogenated alkanes) is 4. The zero-order valence-electron chi connectivity index (χ0n) is 12.3. The molecular weight excluding hydrogens is 236 g/mol. The van der Waals surface area contributed by atoms with E-state index >= 15 is 0 Å². The van der Waals surface area contributed by atoms with Crippen molar-refractivity contribution in [2.75, 3.05) is 0 Å². The molecule has 0 spiro atoms. The predicted octanol–water partition coefficient (Wildman–Crippen LogP) is 4.66. The molecule has 0 aliphatic rings. The van der Waals surface area contributed by atoms with Crippen LogP contribution < -0.4 is 0 Å². The van der Waals surface area contributed by atoms with Crippen molar-refractivity contribution in [3.63, 3.8) is 0 Å². The maximum Gasteiger partial charge on any atom is 0.164 e. The van der Waals surface area contributed by atoms with E-state index in [2.05, 4.69) is 16.9 Å². The van der Waals surface area contributed by atoms with Gasteiger partial charge in [-0.05, 0) is 26.3 Å². The number of hydrogen-bond donors (Lipinski definition) is 0. The Morgan fingerprint density at radius 2 is 2.05 bits per heavy atom. The van der Waals surface area contributed by atoms with Crippen LogP contribution in [0.2, 0.25) is 0 Å². The van der Waals surface area contributed by atoms with Gasteiger partial charge in [0.2, 0.25) is 0 Å². The molecule has 0 aliphatic heterocycles. The third-order valence-corrected chi connectivity index (χ3v) is 3.16. The SMILES string of the molecule is CC=Nc1cc(C(=O)CCCCCCC)cnc1C. The molecule has 1 heterocycles. The molecule has 19 heavy (non-hydrogen) atoms. The molecular formula is C16H24N2O. The zero-order valence-corrected chi connectivity index (χ0v) is 12.3. The maximum atomic E-state index is 12.1. The molecule has 3 heteroatoms. The van der Waals surface area contributed by atoms with Gasteiger partial charge < -0.3 is 0 Å². The van der Waals surface area contributed by atoms with Crippen LogP contribution in [-0.4, -0.2) is 17.0 Å². The first kappa shape index (κ1) is 15.5. The standard InChI is InChI=1S/C16H24N2O/c1-4-6-7-8-9-10-16(19)14-11-15(17-5-2)13(3)18-12-14/h5,11-12H,4,6-10H2,1-3H3. The number of aromatic nitrogens is 1. The monoisotopic (exact) mass is 260 g/mol. The minimum Gasteiger partial charge on any atom is -0.294 e. The number of Topliss-reactive ketones (excluding diaryl/α,β-unsaturated/α-hetero) is 1. The van der Waals surface area contributed by atoms with E-state index in [1.54, 1.807) is 12.4 Å². The van der Waals surface area contributed by atoms with Crippen molar-refractivity contribution in [1.29, 1.82) is 0 Å². The Bertz CT molecular complexity index is 438. The topological polar surface area (TPSA) is 42.3 Å². The van der Waals surface area contributed by atoms with Gasteiger partial charge in [0.1, 0.15) is 0 Å². The number of carbonyl (C=O) groups is 1. The number of carbonyl (C=O) groups excluding carboxylic acids is 1. The highest BCUT2D eigenvalue weighted by Crippen LogP contribution is 2.19. The normalized spacial score (nSPS) is 11.1. The molecule has 0 radical (unpaired) electrons. The van der Waals surface area contributed by atoms with E-state index in [-0.39, 0.29) is 5.78 Å². The largest absolute Gasteiger partial charge is 0.294 e. The molecule has 1 rings (SSSR count). The van der Waals surface area contributed by atoms with E-state index in [9.17, 15) is 4.79 Å². The molecule has 0 aromatic carbocycles. The van der Waals surface area contributed by atoms with Crippen LogP contribution in [0.3, 0.4) is 0 Å². The van der Waals surface area contributed by atoms with Crippen molar-refractivity contribution in [2.24, 2.45) is 4.99 Å². The Kier molecular flexibility index (Phi) is 7.01. The van der Waals surface area contributed by atoms with Gasteiger partial charge in [-0.15, -0.1) is 0 Å². The van der Waals surface area contributed by atoms with Gasteiger partial charge in [0.25, 0.3) is 0 Å². The van der Waals surface area contributed by atoms with Crippen LogP contribution >= 0.6 is 0 Å². The summed E-state index contributed by atoms with van der Waals surface area (Å²) in [7, 11) is 0. The van der Waals surface area contributed by atoms with Gasteiger partial charge in [-0.1, -0.05) is 32.6 Å². The average molecular weight is 260 g/mol. The zero-order chi connectivity index (χ0) is 14.1. The number of aryl methyl sites for hydroxylation is 1. The van der Waals surface area contributed by atoms with Crippen molar-refractivity contribution in [3.8, 4) is 0 Å². The molecule has 3 nitrogen and oxygen atoms in total. The Morgan fingerprint density at radius 1 is 1.32 bits per heavy atom. The molecule has 0 atom stereocenters. The van der Waals surface area contributed by atoms with Gasteiger partial charge in [-0.3, -0.25) is 14.8 Å². The summed E-state index contributed by atoms with van der Waals surface area (Å²) in [6, 6.07) is 1.84. The van der Waals surface area contributed by atoms with Crippen LogP contribution in [0.1, 0.15) is 68.4 Å². The van der Waals surface area contributed by atoms with Crippen LogP contribution in [0.25, 0.3) is 0 Å². The molecule has 0 N–H and O–H groups in total. The lowest BCUT2D eigenvalue weighted by molar-refractivity contribution is 0.0979. The summed E-state index contributed by atoms with van der Waals surface area (Å²) in [5.41, 5.74) is 2.33. The minimum atomic E-state index is 0.177. The third kappa shape index (κ3) is 5.33. The van der Waals surface area contributed by atoms with Crippen LogP contribution in [0.15, 0.2) is 17.3 Å².